The molecule has 0 saturated carbocycles. The summed E-state index contributed by atoms with van der Waals surface area (Å²) >= 11 is 0. The smallest absolute Gasteiger partial charge is 0.164 e. The van der Waals surface area contributed by atoms with E-state index in [4.69, 9.17) is 26.2 Å². The summed E-state index contributed by atoms with van der Waals surface area (Å²) in [4.78, 5) is 15.0. The van der Waals surface area contributed by atoms with E-state index in [1.807, 2.05) is 146 Å². The molecule has 0 N–H and O–H groups in total. The molecule has 0 spiro atoms. The summed E-state index contributed by atoms with van der Waals surface area (Å²) in [5.41, 5.74) is 8.88. The molecule has 0 amide bonds. The van der Waals surface area contributed by atoms with Gasteiger partial charge < -0.3 is 8.98 Å². The van der Waals surface area contributed by atoms with Crippen molar-refractivity contribution >= 4 is 43.7 Å². The quantitative estimate of drug-likeness (QED) is 0.172. The van der Waals surface area contributed by atoms with E-state index < -0.39 is 6.04 Å². The van der Waals surface area contributed by atoms with Crippen molar-refractivity contribution in [1.29, 1.82) is 0 Å². The third-order valence-electron chi connectivity index (χ3n) is 10.4. The molecule has 5 heteroatoms. The van der Waals surface area contributed by atoms with Gasteiger partial charge in [-0.25, -0.2) is 15.0 Å². The predicted molar refractivity (Wildman–Crippen MR) is 229 cm³/mol. The highest BCUT2D eigenvalue weighted by atomic mass is 16.3. The number of benzene rings is 8. The molecule has 3 heterocycles. The lowest BCUT2D eigenvalue weighted by Crippen LogP contribution is -2.00. The number of nitrogens with zero attached hydrogens (tertiary/aromatic N) is 4. The van der Waals surface area contributed by atoms with Crippen LogP contribution in [0.3, 0.4) is 0 Å². The molecule has 0 fully saturated rings. The average molecular weight is 722 g/mol. The van der Waals surface area contributed by atoms with E-state index in [2.05, 4.69) is 22.8 Å². The molecule has 5 nitrogen and oxygen atoms in total. The zero-order valence-corrected chi connectivity index (χ0v) is 29.8. The zero-order chi connectivity index (χ0) is 41.4. The summed E-state index contributed by atoms with van der Waals surface area (Å²) < 4.78 is 52.0. The fraction of sp³-hybridized carbons (Fsp3) is 0. The van der Waals surface area contributed by atoms with Crippen molar-refractivity contribution < 1.29 is 11.3 Å². The zero-order valence-electron chi connectivity index (χ0n) is 34.8. The van der Waals surface area contributed by atoms with Crippen molar-refractivity contribution in [2.75, 3.05) is 0 Å². The highest BCUT2D eigenvalue weighted by molar-refractivity contribution is 6.13. The van der Waals surface area contributed by atoms with Crippen LogP contribution >= 0.6 is 0 Å². The Balaban J connectivity index is 1.15. The molecule has 11 rings (SSSR count). The van der Waals surface area contributed by atoms with Gasteiger partial charge in [-0.05, 0) is 53.1 Å². The molecule has 0 aliphatic rings. The van der Waals surface area contributed by atoms with Gasteiger partial charge in [0.2, 0.25) is 0 Å². The molecule has 56 heavy (non-hydrogen) atoms. The Labute approximate surface area is 329 Å². The van der Waals surface area contributed by atoms with E-state index in [9.17, 15) is 0 Å². The lowest BCUT2D eigenvalue weighted by atomic mass is 9.96. The first-order valence-corrected chi connectivity index (χ1v) is 18.4. The number of fused-ring (bicyclic) bond motifs is 6. The molecular weight excluding hydrogens is 685 g/mol. The number of furan rings is 1. The summed E-state index contributed by atoms with van der Waals surface area (Å²) in [5.74, 6) is 1.64. The van der Waals surface area contributed by atoms with Crippen molar-refractivity contribution in [2.24, 2.45) is 0 Å². The first-order chi connectivity index (χ1) is 29.8. The Kier molecular flexibility index (Phi) is 6.29. The summed E-state index contributed by atoms with van der Waals surface area (Å²) in [7, 11) is 0. The van der Waals surface area contributed by atoms with Gasteiger partial charge in [0, 0.05) is 43.8 Å². The van der Waals surface area contributed by atoms with Gasteiger partial charge in [0.15, 0.2) is 17.5 Å². The van der Waals surface area contributed by atoms with Gasteiger partial charge in [0.05, 0.1) is 23.6 Å². The Morgan fingerprint density at radius 1 is 0.411 bits per heavy atom. The van der Waals surface area contributed by atoms with Gasteiger partial charge in [0.1, 0.15) is 11.2 Å². The van der Waals surface area contributed by atoms with Crippen LogP contribution in [0.4, 0.5) is 0 Å². The fourth-order valence-corrected chi connectivity index (χ4v) is 7.80. The number of hydrogen-bond donors (Lipinski definition) is 0. The number of hydrogen-bond acceptors (Lipinski definition) is 4. The van der Waals surface area contributed by atoms with Crippen LogP contribution < -0.4 is 0 Å². The lowest BCUT2D eigenvalue weighted by molar-refractivity contribution is 0.669. The number of para-hydroxylation sites is 2. The second kappa shape index (κ2) is 13.0. The highest BCUT2D eigenvalue weighted by Crippen LogP contribution is 2.41. The molecule has 0 bridgehead atoms. The van der Waals surface area contributed by atoms with Crippen LogP contribution in [-0.4, -0.2) is 19.5 Å². The molecule has 0 saturated heterocycles. The van der Waals surface area contributed by atoms with E-state index in [-0.39, 0.29) is 29.7 Å². The Bertz CT molecular complexity index is 3410. The largest absolute Gasteiger partial charge is 0.456 e. The van der Waals surface area contributed by atoms with Crippen LogP contribution in [-0.2, 0) is 0 Å². The van der Waals surface area contributed by atoms with Crippen molar-refractivity contribution in [3.63, 3.8) is 0 Å². The summed E-state index contributed by atoms with van der Waals surface area (Å²) in [6, 6.07) is 52.2. The normalized spacial score (nSPS) is 12.8. The molecule has 0 aliphatic heterocycles. The van der Waals surface area contributed by atoms with Crippen molar-refractivity contribution in [3.8, 4) is 62.1 Å². The van der Waals surface area contributed by atoms with Crippen molar-refractivity contribution in [1.82, 2.24) is 19.5 Å². The third-order valence-corrected chi connectivity index (χ3v) is 10.4. The molecule has 0 unspecified atom stereocenters. The van der Waals surface area contributed by atoms with E-state index in [0.29, 0.717) is 39.9 Å². The van der Waals surface area contributed by atoms with Gasteiger partial charge in [-0.15, -0.1) is 0 Å². The van der Waals surface area contributed by atoms with E-state index in [1.54, 1.807) is 0 Å². The summed E-state index contributed by atoms with van der Waals surface area (Å²) in [6.07, 6.45) is 0. The van der Waals surface area contributed by atoms with Crippen LogP contribution in [0.2, 0.25) is 0 Å². The molecule has 3 aromatic heterocycles. The molecule has 0 radical (unpaired) electrons. The van der Waals surface area contributed by atoms with Crippen LogP contribution in [0.15, 0.2) is 198 Å². The second-order valence-corrected chi connectivity index (χ2v) is 13.6. The molecule has 8 aromatic carbocycles. The summed E-state index contributed by atoms with van der Waals surface area (Å²) in [5, 5.41) is 3.82. The van der Waals surface area contributed by atoms with Gasteiger partial charge in [-0.1, -0.05) is 158 Å². The van der Waals surface area contributed by atoms with E-state index in [0.717, 1.165) is 60.4 Å². The monoisotopic (exact) mass is 721 g/mol. The topological polar surface area (TPSA) is 56.7 Å². The first-order valence-electron chi connectivity index (χ1n) is 20.9. The van der Waals surface area contributed by atoms with Gasteiger partial charge in [0.25, 0.3) is 0 Å². The van der Waals surface area contributed by atoms with Crippen molar-refractivity contribution in [3.05, 3.63) is 194 Å². The fourth-order valence-electron chi connectivity index (χ4n) is 7.80. The molecule has 262 valence electrons. The maximum Gasteiger partial charge on any atom is 0.164 e. The van der Waals surface area contributed by atoms with Gasteiger partial charge >= 0.3 is 0 Å². The Hall–Kier alpha value is -7.63. The third kappa shape index (κ3) is 5.29. The second-order valence-electron chi connectivity index (χ2n) is 13.6. The average Bonchev–Trinajstić information content (AvgIpc) is 3.86. The van der Waals surface area contributed by atoms with Crippen LogP contribution in [0, 0.1) is 0 Å². The Morgan fingerprint density at radius 3 is 1.68 bits per heavy atom. The van der Waals surface area contributed by atoms with Gasteiger partial charge in [-0.3, -0.25) is 0 Å². The molecular formula is C51H32N4O. The maximum absolute atomic E-state index is 9.00. The molecule has 0 aliphatic carbocycles. The lowest BCUT2D eigenvalue weighted by Gasteiger charge is -2.16. The summed E-state index contributed by atoms with van der Waals surface area (Å²) in [6.45, 7) is 0. The maximum atomic E-state index is 9.00. The van der Waals surface area contributed by atoms with Crippen LogP contribution in [0.5, 0.6) is 0 Å². The van der Waals surface area contributed by atoms with E-state index >= 15 is 0 Å². The predicted octanol–water partition coefficient (Wildman–Crippen LogP) is 13.2. The highest BCUT2D eigenvalue weighted by Gasteiger charge is 2.20. The minimum atomic E-state index is -0.432. The minimum Gasteiger partial charge on any atom is -0.456 e. The van der Waals surface area contributed by atoms with Crippen molar-refractivity contribution in [2.45, 2.75) is 0 Å². The van der Waals surface area contributed by atoms with Crippen LogP contribution in [0.1, 0.15) is 6.85 Å². The van der Waals surface area contributed by atoms with Gasteiger partial charge in [-0.2, -0.15) is 0 Å². The SMILES string of the molecule is [2H]c1c([2H])c([2H])c(-c2ccc(-c3ccc4oc5cccc(-c6nc(-c7ccccc7)nc(-c7ccccc7)n6)c5c4c3)cc2-n2c3ccccc3c3ccccc32)c([2H])c1[2H]. The first kappa shape index (κ1) is 27.0. The molecule has 0 atom stereocenters. The standard InChI is InChI=1S/C51H32N4O/c1-4-15-33(16-5-1)38-29-27-37(32-45(38)55-43-24-12-10-21-39(43)40-22-11-13-25-44(40)55)36-28-30-46-42(31-36)48-41(23-14-26-47(48)56-46)51-53-49(34-17-6-2-7-18-34)52-50(54-51)35-19-8-3-9-20-35/h1-32H/i1D,4D,5D,15D,16D. The van der Waals surface area contributed by atoms with Crippen LogP contribution in [0.25, 0.3) is 106 Å². The minimum absolute atomic E-state index is 0.137. The number of rotatable bonds is 6. The van der Waals surface area contributed by atoms with E-state index in [1.165, 1.54) is 0 Å². The Morgan fingerprint density at radius 2 is 1.00 bits per heavy atom. The molecule has 11 aromatic rings. The number of aromatic nitrogens is 4.